The number of rotatable bonds is 2. The quantitative estimate of drug-likeness (QED) is 0.827. The molecule has 1 heterocycles. The van der Waals surface area contributed by atoms with E-state index in [9.17, 15) is 9.18 Å². The predicted molar refractivity (Wildman–Crippen MR) is 53.1 cm³/mol. The van der Waals surface area contributed by atoms with Gasteiger partial charge in [0.2, 0.25) is 0 Å². The van der Waals surface area contributed by atoms with Gasteiger partial charge in [0.05, 0.1) is 6.42 Å². The fourth-order valence-corrected chi connectivity index (χ4v) is 2.13. The number of fused-ring (bicyclic) bond motifs is 1. The Hall–Kier alpha value is -1.42. The van der Waals surface area contributed by atoms with Crippen LogP contribution >= 0.6 is 11.3 Å². The zero-order valence-corrected chi connectivity index (χ0v) is 7.97. The van der Waals surface area contributed by atoms with Crippen molar-refractivity contribution in [3.8, 4) is 0 Å². The van der Waals surface area contributed by atoms with E-state index in [-0.39, 0.29) is 12.0 Å². The standard InChI is InChI=1S/C10H7FO2S/c11-8-5-9-6(1-2-14-9)3-7(8)4-10(12)13/h1-3,5H,4H2,(H,12,13). The highest BCUT2D eigenvalue weighted by Gasteiger charge is 2.08. The summed E-state index contributed by atoms with van der Waals surface area (Å²) in [7, 11) is 0. The second kappa shape index (κ2) is 3.38. The predicted octanol–water partition coefficient (Wildman–Crippen LogP) is 2.67. The Kier molecular flexibility index (Phi) is 2.21. The van der Waals surface area contributed by atoms with Crippen molar-refractivity contribution in [2.24, 2.45) is 0 Å². The Bertz CT molecular complexity index is 490. The number of carbonyl (C=O) groups is 1. The molecule has 0 atom stereocenters. The Morgan fingerprint density at radius 3 is 3.00 bits per heavy atom. The topological polar surface area (TPSA) is 37.3 Å². The summed E-state index contributed by atoms with van der Waals surface area (Å²) in [5.74, 6) is -1.46. The molecule has 72 valence electrons. The van der Waals surface area contributed by atoms with Gasteiger partial charge in [-0.05, 0) is 34.5 Å². The highest BCUT2D eigenvalue weighted by molar-refractivity contribution is 7.17. The molecule has 0 aliphatic rings. The molecule has 2 rings (SSSR count). The monoisotopic (exact) mass is 210 g/mol. The molecule has 0 saturated carbocycles. The van der Waals surface area contributed by atoms with Crippen LogP contribution in [0.3, 0.4) is 0 Å². The molecular weight excluding hydrogens is 203 g/mol. The molecule has 4 heteroatoms. The molecule has 0 unspecified atom stereocenters. The van der Waals surface area contributed by atoms with Crippen molar-refractivity contribution in [1.29, 1.82) is 0 Å². The van der Waals surface area contributed by atoms with Gasteiger partial charge in [0.15, 0.2) is 0 Å². The van der Waals surface area contributed by atoms with Crippen LogP contribution in [0.2, 0.25) is 0 Å². The van der Waals surface area contributed by atoms with Crippen LogP contribution in [0.1, 0.15) is 5.56 Å². The van der Waals surface area contributed by atoms with E-state index in [1.54, 1.807) is 6.07 Å². The SMILES string of the molecule is O=C(O)Cc1cc2ccsc2cc1F. The molecule has 2 nitrogen and oxygen atoms in total. The molecule has 14 heavy (non-hydrogen) atoms. The smallest absolute Gasteiger partial charge is 0.307 e. The van der Waals surface area contributed by atoms with Gasteiger partial charge in [-0.25, -0.2) is 4.39 Å². The number of carboxylic acids is 1. The first-order chi connectivity index (χ1) is 6.66. The summed E-state index contributed by atoms with van der Waals surface area (Å²) in [6.45, 7) is 0. The van der Waals surface area contributed by atoms with Crippen molar-refractivity contribution in [3.05, 3.63) is 35.0 Å². The molecule has 1 aromatic carbocycles. The Morgan fingerprint density at radius 2 is 2.29 bits per heavy atom. The van der Waals surface area contributed by atoms with Gasteiger partial charge in [0.25, 0.3) is 0 Å². The first kappa shape index (κ1) is 9.15. The van der Waals surface area contributed by atoms with Crippen LogP contribution in [-0.2, 0) is 11.2 Å². The van der Waals surface area contributed by atoms with Crippen molar-refractivity contribution in [2.45, 2.75) is 6.42 Å². The number of aliphatic carboxylic acids is 1. The number of halogens is 1. The number of benzene rings is 1. The molecule has 1 aromatic heterocycles. The van der Waals surface area contributed by atoms with E-state index < -0.39 is 11.8 Å². The van der Waals surface area contributed by atoms with Crippen LogP contribution in [0.25, 0.3) is 10.1 Å². The Labute approximate surface area is 83.6 Å². The van der Waals surface area contributed by atoms with Crippen LogP contribution in [0.4, 0.5) is 4.39 Å². The van der Waals surface area contributed by atoms with E-state index >= 15 is 0 Å². The van der Waals surface area contributed by atoms with Crippen LogP contribution in [0.5, 0.6) is 0 Å². The van der Waals surface area contributed by atoms with E-state index in [0.29, 0.717) is 0 Å². The van der Waals surface area contributed by atoms with Gasteiger partial charge < -0.3 is 5.11 Å². The highest BCUT2D eigenvalue weighted by atomic mass is 32.1. The summed E-state index contributed by atoms with van der Waals surface area (Å²) in [6.07, 6.45) is -0.266. The third kappa shape index (κ3) is 1.61. The second-order valence-electron chi connectivity index (χ2n) is 2.97. The molecule has 0 radical (unpaired) electrons. The fraction of sp³-hybridized carbons (Fsp3) is 0.100. The number of hydrogen-bond acceptors (Lipinski definition) is 2. The minimum Gasteiger partial charge on any atom is -0.481 e. The first-order valence-corrected chi connectivity index (χ1v) is 4.92. The number of carboxylic acid groups (broad SMARTS) is 1. The van der Waals surface area contributed by atoms with Crippen molar-refractivity contribution >= 4 is 27.4 Å². The second-order valence-corrected chi connectivity index (χ2v) is 3.92. The van der Waals surface area contributed by atoms with Gasteiger partial charge in [0.1, 0.15) is 5.82 Å². The van der Waals surface area contributed by atoms with Gasteiger partial charge in [-0.15, -0.1) is 11.3 Å². The van der Waals surface area contributed by atoms with Crippen LogP contribution < -0.4 is 0 Å². The lowest BCUT2D eigenvalue weighted by Crippen LogP contribution is -2.02. The molecule has 0 fully saturated rings. The lowest BCUT2D eigenvalue weighted by atomic mass is 10.1. The van der Waals surface area contributed by atoms with Crippen LogP contribution in [-0.4, -0.2) is 11.1 Å². The summed E-state index contributed by atoms with van der Waals surface area (Å²) < 4.78 is 14.1. The largest absolute Gasteiger partial charge is 0.481 e. The molecule has 0 saturated heterocycles. The minimum absolute atomic E-state index is 0.239. The normalized spacial score (nSPS) is 10.6. The van der Waals surface area contributed by atoms with E-state index in [2.05, 4.69) is 0 Å². The summed E-state index contributed by atoms with van der Waals surface area (Å²) in [4.78, 5) is 10.4. The number of thiophene rings is 1. The van der Waals surface area contributed by atoms with Gasteiger partial charge in [0, 0.05) is 4.70 Å². The summed E-state index contributed by atoms with van der Waals surface area (Å²) in [6, 6.07) is 4.83. The molecule has 0 amide bonds. The molecule has 0 aliphatic heterocycles. The lowest BCUT2D eigenvalue weighted by molar-refractivity contribution is -0.136. The molecule has 0 bridgehead atoms. The highest BCUT2D eigenvalue weighted by Crippen LogP contribution is 2.24. The van der Waals surface area contributed by atoms with Crippen LogP contribution in [0, 0.1) is 5.82 Å². The van der Waals surface area contributed by atoms with Gasteiger partial charge in [-0.2, -0.15) is 0 Å². The molecule has 0 aliphatic carbocycles. The summed E-state index contributed by atoms with van der Waals surface area (Å²) in [5.41, 5.74) is 0.239. The average molecular weight is 210 g/mol. The van der Waals surface area contributed by atoms with E-state index in [0.717, 1.165) is 10.1 Å². The van der Waals surface area contributed by atoms with Gasteiger partial charge >= 0.3 is 5.97 Å². The molecule has 0 spiro atoms. The lowest BCUT2D eigenvalue weighted by Gasteiger charge is -1.99. The summed E-state index contributed by atoms with van der Waals surface area (Å²) in [5, 5.41) is 11.3. The van der Waals surface area contributed by atoms with Crippen molar-refractivity contribution < 1.29 is 14.3 Å². The molecule has 1 N–H and O–H groups in total. The summed E-state index contributed by atoms with van der Waals surface area (Å²) >= 11 is 1.44. The van der Waals surface area contributed by atoms with E-state index in [1.165, 1.54) is 17.4 Å². The molecular formula is C10H7FO2S. The van der Waals surface area contributed by atoms with Gasteiger partial charge in [-0.1, -0.05) is 0 Å². The zero-order valence-electron chi connectivity index (χ0n) is 7.16. The Morgan fingerprint density at radius 1 is 1.50 bits per heavy atom. The van der Waals surface area contributed by atoms with Crippen molar-refractivity contribution in [2.75, 3.05) is 0 Å². The maximum atomic E-state index is 13.3. The third-order valence-corrected chi connectivity index (χ3v) is 2.84. The number of hydrogen-bond donors (Lipinski definition) is 1. The Balaban J connectivity index is 2.53. The van der Waals surface area contributed by atoms with E-state index in [1.807, 2.05) is 11.4 Å². The minimum atomic E-state index is -1.02. The maximum Gasteiger partial charge on any atom is 0.307 e. The van der Waals surface area contributed by atoms with Gasteiger partial charge in [-0.3, -0.25) is 4.79 Å². The average Bonchev–Trinajstić information content (AvgIpc) is 2.51. The van der Waals surface area contributed by atoms with Crippen molar-refractivity contribution in [3.63, 3.8) is 0 Å². The zero-order chi connectivity index (χ0) is 10.1. The fourth-order valence-electron chi connectivity index (χ4n) is 1.33. The van der Waals surface area contributed by atoms with E-state index in [4.69, 9.17) is 5.11 Å². The van der Waals surface area contributed by atoms with Crippen LogP contribution in [0.15, 0.2) is 23.6 Å². The first-order valence-electron chi connectivity index (χ1n) is 4.04. The molecule has 2 aromatic rings. The third-order valence-electron chi connectivity index (χ3n) is 1.96. The van der Waals surface area contributed by atoms with Crippen molar-refractivity contribution in [1.82, 2.24) is 0 Å². The maximum absolute atomic E-state index is 13.3.